The molecule has 0 saturated heterocycles. The van der Waals surface area contributed by atoms with Gasteiger partial charge in [0.1, 0.15) is 17.3 Å². The maximum absolute atomic E-state index is 5.76. The Morgan fingerprint density at radius 1 is 1.10 bits per heavy atom. The molecule has 21 heavy (non-hydrogen) atoms. The average molecular weight is 287 g/mol. The number of aromatic nitrogens is 1. The summed E-state index contributed by atoms with van der Waals surface area (Å²) in [5, 5.41) is 0. The van der Waals surface area contributed by atoms with Crippen LogP contribution in [0.25, 0.3) is 11.3 Å². The van der Waals surface area contributed by atoms with Crippen molar-refractivity contribution >= 4 is 5.82 Å². The van der Waals surface area contributed by atoms with Crippen LogP contribution in [0, 0.1) is 0 Å². The lowest BCUT2D eigenvalue weighted by molar-refractivity contribution is 0.367. The van der Waals surface area contributed by atoms with Gasteiger partial charge in [0.15, 0.2) is 0 Å². The molecule has 2 aromatic rings. The maximum atomic E-state index is 5.76. The fourth-order valence-electron chi connectivity index (χ4n) is 2.23. The Bertz CT molecular complexity index is 627. The first kappa shape index (κ1) is 15.1. The van der Waals surface area contributed by atoms with Crippen molar-refractivity contribution in [3.63, 3.8) is 0 Å². The van der Waals surface area contributed by atoms with E-state index in [2.05, 4.69) is 9.88 Å². The molecular formula is C16H21N3O2. The molecule has 0 atom stereocenters. The van der Waals surface area contributed by atoms with Gasteiger partial charge in [-0.25, -0.2) is 4.98 Å². The van der Waals surface area contributed by atoms with Gasteiger partial charge in [-0.1, -0.05) is 6.07 Å². The molecule has 0 aliphatic carbocycles. The van der Waals surface area contributed by atoms with Crippen LogP contribution >= 0.6 is 0 Å². The quantitative estimate of drug-likeness (QED) is 0.915. The third kappa shape index (κ3) is 3.44. The van der Waals surface area contributed by atoms with Gasteiger partial charge in [-0.05, 0) is 38.4 Å². The lowest BCUT2D eigenvalue weighted by Gasteiger charge is -2.17. The minimum atomic E-state index is 0.478. The number of hydrogen-bond donors (Lipinski definition) is 1. The number of benzene rings is 1. The number of ether oxygens (including phenoxy) is 2. The normalized spacial score (nSPS) is 10.7. The third-order valence-electron chi connectivity index (χ3n) is 3.14. The Morgan fingerprint density at radius 2 is 1.81 bits per heavy atom. The SMILES string of the molecule is COc1cc(-c2cccc(N)n2)c(OC)cc1CN(C)C. The highest BCUT2D eigenvalue weighted by atomic mass is 16.5. The minimum Gasteiger partial charge on any atom is -0.496 e. The topological polar surface area (TPSA) is 60.6 Å². The highest BCUT2D eigenvalue weighted by Crippen LogP contribution is 2.35. The van der Waals surface area contributed by atoms with E-state index in [1.165, 1.54) is 0 Å². The number of nitrogens with two attached hydrogens (primary N) is 1. The van der Waals surface area contributed by atoms with Crippen LogP contribution in [0.1, 0.15) is 5.56 Å². The van der Waals surface area contributed by atoms with E-state index in [1.807, 2.05) is 38.4 Å². The van der Waals surface area contributed by atoms with E-state index in [0.29, 0.717) is 5.82 Å². The lowest BCUT2D eigenvalue weighted by Crippen LogP contribution is -2.12. The number of pyridine rings is 1. The number of anilines is 1. The molecule has 0 fully saturated rings. The highest BCUT2D eigenvalue weighted by molar-refractivity contribution is 5.71. The molecule has 0 spiro atoms. The molecule has 0 radical (unpaired) electrons. The molecule has 1 aromatic carbocycles. The first-order chi connectivity index (χ1) is 10.0. The molecule has 0 unspecified atom stereocenters. The largest absolute Gasteiger partial charge is 0.496 e. The van der Waals surface area contributed by atoms with Crippen molar-refractivity contribution in [1.29, 1.82) is 0 Å². The molecule has 5 heteroatoms. The monoisotopic (exact) mass is 287 g/mol. The van der Waals surface area contributed by atoms with Gasteiger partial charge >= 0.3 is 0 Å². The first-order valence-electron chi connectivity index (χ1n) is 6.67. The van der Waals surface area contributed by atoms with E-state index in [1.54, 1.807) is 20.3 Å². The lowest BCUT2D eigenvalue weighted by atomic mass is 10.0. The maximum Gasteiger partial charge on any atom is 0.128 e. The summed E-state index contributed by atoms with van der Waals surface area (Å²) < 4.78 is 11.0. The molecule has 2 N–H and O–H groups in total. The van der Waals surface area contributed by atoms with Crippen molar-refractivity contribution in [3.8, 4) is 22.8 Å². The zero-order valence-corrected chi connectivity index (χ0v) is 12.9. The average Bonchev–Trinajstić information content (AvgIpc) is 2.46. The van der Waals surface area contributed by atoms with E-state index in [9.17, 15) is 0 Å². The summed E-state index contributed by atoms with van der Waals surface area (Å²) >= 11 is 0. The second-order valence-corrected chi connectivity index (χ2v) is 5.05. The molecular weight excluding hydrogens is 266 g/mol. The number of hydrogen-bond acceptors (Lipinski definition) is 5. The van der Waals surface area contributed by atoms with E-state index in [4.69, 9.17) is 15.2 Å². The Kier molecular flexibility index (Phi) is 4.65. The van der Waals surface area contributed by atoms with Gasteiger partial charge < -0.3 is 20.1 Å². The summed E-state index contributed by atoms with van der Waals surface area (Å²) in [6.07, 6.45) is 0. The van der Waals surface area contributed by atoms with E-state index < -0.39 is 0 Å². The Balaban J connectivity index is 2.55. The Hall–Kier alpha value is -2.27. The zero-order valence-electron chi connectivity index (χ0n) is 12.9. The fraction of sp³-hybridized carbons (Fsp3) is 0.312. The van der Waals surface area contributed by atoms with Crippen molar-refractivity contribution in [2.75, 3.05) is 34.0 Å². The molecule has 2 rings (SSSR count). The Labute approximate surface area is 125 Å². The third-order valence-corrected chi connectivity index (χ3v) is 3.14. The van der Waals surface area contributed by atoms with Crippen LogP contribution in [-0.2, 0) is 6.54 Å². The summed E-state index contributed by atoms with van der Waals surface area (Å²) in [5.41, 5.74) is 8.46. The van der Waals surface area contributed by atoms with Gasteiger partial charge in [0.05, 0.1) is 19.9 Å². The van der Waals surface area contributed by atoms with E-state index >= 15 is 0 Å². The number of nitrogens with zero attached hydrogens (tertiary/aromatic N) is 2. The summed E-state index contributed by atoms with van der Waals surface area (Å²) in [6, 6.07) is 9.46. The summed E-state index contributed by atoms with van der Waals surface area (Å²) in [6.45, 7) is 0.768. The molecule has 112 valence electrons. The van der Waals surface area contributed by atoms with Gasteiger partial charge in [-0.15, -0.1) is 0 Å². The number of methoxy groups -OCH3 is 2. The molecule has 0 bridgehead atoms. The van der Waals surface area contributed by atoms with Gasteiger partial charge in [-0.3, -0.25) is 0 Å². The molecule has 5 nitrogen and oxygen atoms in total. The van der Waals surface area contributed by atoms with E-state index in [0.717, 1.165) is 34.9 Å². The van der Waals surface area contributed by atoms with Crippen LogP contribution in [0.4, 0.5) is 5.82 Å². The van der Waals surface area contributed by atoms with E-state index in [-0.39, 0.29) is 0 Å². The summed E-state index contributed by atoms with van der Waals surface area (Å²) in [4.78, 5) is 6.43. The molecule has 0 aliphatic heterocycles. The van der Waals surface area contributed by atoms with Gasteiger partial charge in [0, 0.05) is 17.7 Å². The second-order valence-electron chi connectivity index (χ2n) is 5.05. The van der Waals surface area contributed by atoms with Crippen molar-refractivity contribution in [1.82, 2.24) is 9.88 Å². The van der Waals surface area contributed by atoms with Crippen LogP contribution < -0.4 is 15.2 Å². The molecule has 0 amide bonds. The van der Waals surface area contributed by atoms with Gasteiger partial charge in [-0.2, -0.15) is 0 Å². The van der Waals surface area contributed by atoms with Crippen molar-refractivity contribution in [2.45, 2.75) is 6.54 Å². The van der Waals surface area contributed by atoms with Crippen LogP contribution in [0.2, 0.25) is 0 Å². The zero-order chi connectivity index (χ0) is 15.4. The van der Waals surface area contributed by atoms with Crippen LogP contribution in [0.3, 0.4) is 0 Å². The predicted molar refractivity (Wildman–Crippen MR) is 84.6 cm³/mol. The highest BCUT2D eigenvalue weighted by Gasteiger charge is 2.14. The minimum absolute atomic E-state index is 0.478. The second kappa shape index (κ2) is 6.45. The smallest absolute Gasteiger partial charge is 0.128 e. The number of rotatable bonds is 5. The fourth-order valence-corrected chi connectivity index (χ4v) is 2.23. The molecule has 0 aliphatic rings. The number of nitrogen functional groups attached to an aromatic ring is 1. The van der Waals surface area contributed by atoms with Crippen molar-refractivity contribution < 1.29 is 9.47 Å². The summed E-state index contributed by atoms with van der Waals surface area (Å²) in [7, 11) is 7.34. The van der Waals surface area contributed by atoms with Crippen molar-refractivity contribution in [2.24, 2.45) is 0 Å². The summed E-state index contributed by atoms with van der Waals surface area (Å²) in [5.74, 6) is 2.04. The molecule has 1 heterocycles. The first-order valence-corrected chi connectivity index (χ1v) is 6.67. The Morgan fingerprint density at radius 3 is 2.38 bits per heavy atom. The molecule has 0 saturated carbocycles. The molecule has 1 aromatic heterocycles. The van der Waals surface area contributed by atoms with Crippen molar-refractivity contribution in [3.05, 3.63) is 35.9 Å². The van der Waals surface area contributed by atoms with Gasteiger partial charge in [0.25, 0.3) is 0 Å². The standard InChI is InChI=1S/C16H21N3O2/c1-19(2)10-11-8-15(21-4)12(9-14(11)20-3)13-6-5-7-16(17)18-13/h5-9H,10H2,1-4H3,(H2,17,18). The van der Waals surface area contributed by atoms with Crippen LogP contribution in [-0.4, -0.2) is 38.2 Å². The van der Waals surface area contributed by atoms with Gasteiger partial charge in [0.2, 0.25) is 0 Å². The van der Waals surface area contributed by atoms with Crippen LogP contribution in [0.15, 0.2) is 30.3 Å². The van der Waals surface area contributed by atoms with Crippen LogP contribution in [0.5, 0.6) is 11.5 Å². The predicted octanol–water partition coefficient (Wildman–Crippen LogP) is 2.41.